The number of piperidine rings is 1. The molecule has 4 rings (SSSR count). The van der Waals surface area contributed by atoms with E-state index in [4.69, 9.17) is 16.3 Å². The smallest absolute Gasteiger partial charge is 0.253 e. The topological polar surface area (TPSA) is 54.3 Å². The van der Waals surface area contributed by atoms with Gasteiger partial charge in [-0.15, -0.1) is 0 Å². The summed E-state index contributed by atoms with van der Waals surface area (Å²) in [5.41, 5.74) is 0.633. The maximum atomic E-state index is 13.1. The molecular formula is C22H31ClN3O3+. The highest BCUT2D eigenvalue weighted by molar-refractivity contribution is 6.30. The van der Waals surface area contributed by atoms with Crippen molar-refractivity contribution in [2.24, 2.45) is 5.92 Å². The van der Waals surface area contributed by atoms with Crippen LogP contribution in [-0.2, 0) is 9.53 Å². The molecule has 0 radical (unpaired) electrons. The van der Waals surface area contributed by atoms with Crippen LogP contribution in [0.1, 0.15) is 36.0 Å². The number of quaternary nitrogens is 1. The molecule has 0 aliphatic carbocycles. The zero-order chi connectivity index (χ0) is 20.2. The molecule has 3 saturated heterocycles. The Kier molecular flexibility index (Phi) is 6.73. The highest BCUT2D eigenvalue weighted by atomic mass is 35.5. The number of halogens is 1. The Morgan fingerprint density at radius 1 is 1.03 bits per heavy atom. The normalized spacial score (nSPS) is 26.0. The third-order valence-corrected chi connectivity index (χ3v) is 6.72. The van der Waals surface area contributed by atoms with Gasteiger partial charge >= 0.3 is 0 Å². The molecular weight excluding hydrogens is 390 g/mol. The Balaban J connectivity index is 1.28. The summed E-state index contributed by atoms with van der Waals surface area (Å²) in [4.78, 5) is 31.3. The van der Waals surface area contributed by atoms with Crippen molar-refractivity contribution in [3.05, 3.63) is 34.9 Å². The molecule has 2 atom stereocenters. The van der Waals surface area contributed by atoms with Crippen LogP contribution in [0.3, 0.4) is 0 Å². The fourth-order valence-corrected chi connectivity index (χ4v) is 4.90. The molecule has 3 aliphatic rings. The predicted molar refractivity (Wildman–Crippen MR) is 111 cm³/mol. The number of rotatable bonds is 4. The number of nitrogens with zero attached hydrogens (tertiary/aromatic N) is 2. The van der Waals surface area contributed by atoms with Gasteiger partial charge in [-0.3, -0.25) is 9.59 Å². The number of nitrogens with one attached hydrogen (secondary N) is 1. The van der Waals surface area contributed by atoms with Crippen molar-refractivity contribution in [3.63, 3.8) is 0 Å². The molecule has 1 aromatic carbocycles. The lowest BCUT2D eigenvalue weighted by Gasteiger charge is -2.38. The van der Waals surface area contributed by atoms with E-state index >= 15 is 0 Å². The van der Waals surface area contributed by atoms with Crippen LogP contribution in [0.5, 0.6) is 0 Å². The van der Waals surface area contributed by atoms with E-state index in [0.29, 0.717) is 29.8 Å². The summed E-state index contributed by atoms with van der Waals surface area (Å²) in [6, 6.07) is 6.98. The van der Waals surface area contributed by atoms with Gasteiger partial charge in [-0.2, -0.15) is 0 Å². The Morgan fingerprint density at radius 2 is 1.79 bits per heavy atom. The number of piperazine rings is 1. The van der Waals surface area contributed by atoms with Gasteiger partial charge in [-0.25, -0.2) is 0 Å². The maximum absolute atomic E-state index is 13.1. The molecule has 3 fully saturated rings. The van der Waals surface area contributed by atoms with Crippen molar-refractivity contribution in [3.8, 4) is 0 Å². The van der Waals surface area contributed by atoms with E-state index < -0.39 is 0 Å². The number of ether oxygens (including phenoxy) is 1. The van der Waals surface area contributed by atoms with Gasteiger partial charge in [0, 0.05) is 30.3 Å². The van der Waals surface area contributed by atoms with Crippen molar-refractivity contribution in [1.29, 1.82) is 0 Å². The van der Waals surface area contributed by atoms with Gasteiger partial charge in [0.15, 0.2) is 0 Å². The third kappa shape index (κ3) is 5.11. The second-order valence-electron chi connectivity index (χ2n) is 8.51. The van der Waals surface area contributed by atoms with E-state index in [1.807, 2.05) is 9.80 Å². The summed E-state index contributed by atoms with van der Waals surface area (Å²) in [6.45, 7) is 6.79. The molecule has 1 aromatic rings. The summed E-state index contributed by atoms with van der Waals surface area (Å²) in [5.74, 6) is 0.125. The van der Waals surface area contributed by atoms with Crippen LogP contribution in [0.15, 0.2) is 24.3 Å². The summed E-state index contributed by atoms with van der Waals surface area (Å²) < 4.78 is 5.76. The lowest BCUT2D eigenvalue weighted by atomic mass is 9.95. The molecule has 7 heteroatoms. The molecule has 2 amide bonds. The van der Waals surface area contributed by atoms with Crippen molar-refractivity contribution in [1.82, 2.24) is 9.80 Å². The van der Waals surface area contributed by atoms with E-state index in [2.05, 4.69) is 0 Å². The maximum Gasteiger partial charge on any atom is 0.253 e. The number of hydrogen-bond acceptors (Lipinski definition) is 3. The molecule has 0 bridgehead atoms. The molecule has 0 aromatic heterocycles. The molecule has 0 saturated carbocycles. The molecule has 158 valence electrons. The highest BCUT2D eigenvalue weighted by Crippen LogP contribution is 2.21. The Hall–Kier alpha value is -1.63. The first kappa shape index (κ1) is 20.6. The van der Waals surface area contributed by atoms with E-state index in [0.717, 1.165) is 52.2 Å². The summed E-state index contributed by atoms with van der Waals surface area (Å²) in [7, 11) is 0. The molecule has 1 N–H and O–H groups in total. The van der Waals surface area contributed by atoms with Gasteiger partial charge < -0.3 is 19.4 Å². The predicted octanol–water partition coefficient (Wildman–Crippen LogP) is 1.10. The van der Waals surface area contributed by atoms with Crippen molar-refractivity contribution < 1.29 is 19.2 Å². The first-order valence-electron chi connectivity index (χ1n) is 10.9. The second-order valence-corrected chi connectivity index (χ2v) is 8.95. The average Bonchev–Trinajstić information content (AvgIpc) is 3.27. The van der Waals surface area contributed by atoms with E-state index in [9.17, 15) is 9.59 Å². The van der Waals surface area contributed by atoms with Crippen molar-refractivity contribution in [2.45, 2.75) is 31.8 Å². The molecule has 3 heterocycles. The molecule has 0 spiro atoms. The Bertz CT molecular complexity index is 713. The zero-order valence-electron chi connectivity index (χ0n) is 16.9. The largest absolute Gasteiger partial charge is 0.372 e. The number of hydrogen-bond donors (Lipinski definition) is 1. The minimum atomic E-state index is -0.0836. The van der Waals surface area contributed by atoms with Gasteiger partial charge in [0.2, 0.25) is 5.91 Å². The average molecular weight is 421 g/mol. The van der Waals surface area contributed by atoms with E-state index in [1.54, 1.807) is 29.2 Å². The van der Waals surface area contributed by atoms with Gasteiger partial charge in [0.05, 0.1) is 32.1 Å². The fraction of sp³-hybridized carbons (Fsp3) is 0.636. The molecule has 0 unspecified atom stereocenters. The van der Waals surface area contributed by atoms with Gasteiger partial charge in [0.1, 0.15) is 12.6 Å². The number of likely N-dealkylation sites (tertiary alicyclic amines) is 1. The lowest BCUT2D eigenvalue weighted by molar-refractivity contribution is -0.906. The van der Waals surface area contributed by atoms with Gasteiger partial charge in [-0.1, -0.05) is 11.6 Å². The van der Waals surface area contributed by atoms with Crippen LogP contribution in [0.4, 0.5) is 0 Å². The molecule has 29 heavy (non-hydrogen) atoms. The SMILES string of the molecule is O=C(c1ccc(Cl)cc1)N1CCC[C@@H](C(=O)N2CC[NH+](C[C@H]3CCCO3)CC2)C1. The zero-order valence-corrected chi connectivity index (χ0v) is 17.7. The van der Waals surface area contributed by atoms with Gasteiger partial charge in [0.25, 0.3) is 5.91 Å². The number of amides is 2. The Morgan fingerprint density at radius 3 is 2.48 bits per heavy atom. The van der Waals surface area contributed by atoms with E-state index in [-0.39, 0.29) is 17.7 Å². The van der Waals surface area contributed by atoms with Crippen LogP contribution < -0.4 is 4.90 Å². The monoisotopic (exact) mass is 420 g/mol. The Labute approximate surface area is 177 Å². The molecule has 3 aliphatic heterocycles. The summed E-state index contributed by atoms with van der Waals surface area (Å²) in [6.07, 6.45) is 4.49. The molecule has 6 nitrogen and oxygen atoms in total. The third-order valence-electron chi connectivity index (χ3n) is 6.47. The number of benzene rings is 1. The first-order chi connectivity index (χ1) is 14.1. The summed E-state index contributed by atoms with van der Waals surface area (Å²) in [5, 5.41) is 0.619. The number of carbonyl (C=O) groups is 2. The second kappa shape index (κ2) is 9.45. The van der Waals surface area contributed by atoms with Crippen molar-refractivity contribution >= 4 is 23.4 Å². The van der Waals surface area contributed by atoms with Gasteiger partial charge in [-0.05, 0) is 49.9 Å². The first-order valence-corrected chi connectivity index (χ1v) is 11.3. The van der Waals surface area contributed by atoms with E-state index in [1.165, 1.54) is 12.8 Å². The minimum Gasteiger partial charge on any atom is -0.372 e. The van der Waals surface area contributed by atoms with Crippen molar-refractivity contribution in [2.75, 3.05) is 52.4 Å². The van der Waals surface area contributed by atoms with Crippen LogP contribution in [0, 0.1) is 5.92 Å². The van der Waals surface area contributed by atoms with Crippen LogP contribution >= 0.6 is 11.6 Å². The number of carbonyl (C=O) groups excluding carboxylic acids is 2. The standard InChI is InChI=1S/C22H30ClN3O3/c23-19-7-5-17(6-8-19)21(27)26-9-1-3-18(15-26)22(28)25-12-10-24(11-13-25)16-20-4-2-14-29-20/h5-8,18,20H,1-4,9-16H2/p+1/t18-,20-/m1/s1. The quantitative estimate of drug-likeness (QED) is 0.793. The fourth-order valence-electron chi connectivity index (χ4n) is 4.77. The summed E-state index contributed by atoms with van der Waals surface area (Å²) >= 11 is 5.93. The highest BCUT2D eigenvalue weighted by Gasteiger charge is 2.34. The van der Waals surface area contributed by atoms with Crippen LogP contribution in [0.2, 0.25) is 5.02 Å². The van der Waals surface area contributed by atoms with Crippen LogP contribution in [-0.4, -0.2) is 80.1 Å². The minimum absolute atomic E-state index is 0.00926. The lowest BCUT2D eigenvalue weighted by Crippen LogP contribution is -3.15. The van der Waals surface area contributed by atoms with Crippen LogP contribution in [0.25, 0.3) is 0 Å².